The van der Waals surface area contributed by atoms with E-state index in [1.54, 1.807) is 24.3 Å². The average Bonchev–Trinajstić information content (AvgIpc) is 2.46. The molecule has 0 aromatic heterocycles. The van der Waals surface area contributed by atoms with Crippen molar-refractivity contribution in [3.8, 4) is 11.5 Å². The molecule has 0 bridgehead atoms. The van der Waals surface area contributed by atoms with Gasteiger partial charge in [-0.05, 0) is 59.9 Å². The van der Waals surface area contributed by atoms with Gasteiger partial charge in [0.2, 0.25) is 0 Å². The first-order valence-corrected chi connectivity index (χ1v) is 6.90. The summed E-state index contributed by atoms with van der Waals surface area (Å²) in [7, 11) is 0. The Hall–Kier alpha value is -2.22. The minimum absolute atomic E-state index is 0.281. The van der Waals surface area contributed by atoms with Crippen LogP contribution in [0.3, 0.4) is 0 Å². The van der Waals surface area contributed by atoms with Crippen LogP contribution in [-0.4, -0.2) is 10.2 Å². The Labute approximate surface area is 120 Å². The predicted molar refractivity (Wildman–Crippen MR) is 83.6 cm³/mol. The van der Waals surface area contributed by atoms with Gasteiger partial charge in [-0.1, -0.05) is 37.6 Å². The van der Waals surface area contributed by atoms with E-state index in [1.165, 1.54) is 11.1 Å². The Morgan fingerprint density at radius 2 is 1.25 bits per heavy atom. The molecule has 2 heteroatoms. The third-order valence-electron chi connectivity index (χ3n) is 3.47. The summed E-state index contributed by atoms with van der Waals surface area (Å²) in [6, 6.07) is 14.6. The third kappa shape index (κ3) is 3.21. The summed E-state index contributed by atoms with van der Waals surface area (Å²) in [5.41, 5.74) is 4.73. The van der Waals surface area contributed by atoms with Crippen LogP contribution < -0.4 is 0 Å². The van der Waals surface area contributed by atoms with E-state index in [9.17, 15) is 10.2 Å². The van der Waals surface area contributed by atoms with Crippen LogP contribution in [0.15, 0.2) is 48.5 Å². The van der Waals surface area contributed by atoms with Gasteiger partial charge in [0.05, 0.1) is 0 Å². The summed E-state index contributed by atoms with van der Waals surface area (Å²) in [6.07, 6.45) is 2.04. The van der Waals surface area contributed by atoms with Crippen molar-refractivity contribution in [1.29, 1.82) is 0 Å². The number of aromatic hydroxyl groups is 2. The largest absolute Gasteiger partial charge is 0.508 e. The van der Waals surface area contributed by atoms with Crippen molar-refractivity contribution in [1.82, 2.24) is 0 Å². The van der Waals surface area contributed by atoms with Gasteiger partial charge in [-0.2, -0.15) is 0 Å². The van der Waals surface area contributed by atoms with Crippen LogP contribution in [0.1, 0.15) is 37.8 Å². The molecule has 0 saturated carbocycles. The highest BCUT2D eigenvalue weighted by Gasteiger charge is 2.07. The Kier molecular flexibility index (Phi) is 4.46. The lowest BCUT2D eigenvalue weighted by Gasteiger charge is -2.13. The van der Waals surface area contributed by atoms with E-state index >= 15 is 0 Å². The average molecular weight is 268 g/mol. The zero-order valence-corrected chi connectivity index (χ0v) is 11.9. The van der Waals surface area contributed by atoms with Crippen molar-refractivity contribution >= 4 is 11.1 Å². The van der Waals surface area contributed by atoms with Crippen molar-refractivity contribution in [2.24, 2.45) is 0 Å². The van der Waals surface area contributed by atoms with Crippen LogP contribution in [0.2, 0.25) is 0 Å². The van der Waals surface area contributed by atoms with Crippen molar-refractivity contribution < 1.29 is 10.2 Å². The summed E-state index contributed by atoms with van der Waals surface area (Å²) in [5, 5.41) is 18.8. The monoisotopic (exact) mass is 268 g/mol. The fraction of sp³-hybridized carbons (Fsp3) is 0.222. The Balaban J connectivity index is 2.47. The highest BCUT2D eigenvalue weighted by Crippen LogP contribution is 2.31. The molecule has 2 N–H and O–H groups in total. The molecule has 0 atom stereocenters. The van der Waals surface area contributed by atoms with Crippen molar-refractivity contribution in [3.63, 3.8) is 0 Å². The van der Waals surface area contributed by atoms with Gasteiger partial charge >= 0.3 is 0 Å². The van der Waals surface area contributed by atoms with E-state index < -0.39 is 0 Å². The predicted octanol–water partition coefficient (Wildman–Crippen LogP) is 4.83. The topological polar surface area (TPSA) is 40.5 Å². The fourth-order valence-corrected chi connectivity index (χ4v) is 2.35. The van der Waals surface area contributed by atoms with Gasteiger partial charge in [-0.15, -0.1) is 0 Å². The molecule has 0 aliphatic carbocycles. The minimum Gasteiger partial charge on any atom is -0.508 e. The molecule has 0 spiro atoms. The summed E-state index contributed by atoms with van der Waals surface area (Å²) in [6.45, 7) is 4.26. The van der Waals surface area contributed by atoms with Gasteiger partial charge in [0, 0.05) is 0 Å². The summed E-state index contributed by atoms with van der Waals surface area (Å²) < 4.78 is 0. The zero-order chi connectivity index (χ0) is 14.5. The lowest BCUT2D eigenvalue weighted by atomic mass is 9.92. The maximum absolute atomic E-state index is 9.41. The second-order valence-corrected chi connectivity index (χ2v) is 4.95. The summed E-state index contributed by atoms with van der Waals surface area (Å²) in [4.78, 5) is 0. The normalized spacial score (nSPS) is 12.1. The van der Waals surface area contributed by atoms with Gasteiger partial charge in [0.1, 0.15) is 11.5 Å². The molecule has 104 valence electrons. The Morgan fingerprint density at radius 3 is 1.70 bits per heavy atom. The van der Waals surface area contributed by atoms with E-state index in [-0.39, 0.29) is 11.5 Å². The van der Waals surface area contributed by atoms with E-state index in [2.05, 4.69) is 13.8 Å². The fourth-order valence-electron chi connectivity index (χ4n) is 2.35. The van der Waals surface area contributed by atoms with Crippen LogP contribution in [0.25, 0.3) is 11.1 Å². The molecule has 0 unspecified atom stereocenters. The molecule has 0 aliphatic heterocycles. The molecule has 0 amide bonds. The van der Waals surface area contributed by atoms with Crippen LogP contribution in [0.5, 0.6) is 11.5 Å². The SMILES string of the molecule is CCCC(=C(C)c1ccc(O)cc1)c1ccc(O)cc1. The second-order valence-electron chi connectivity index (χ2n) is 4.95. The smallest absolute Gasteiger partial charge is 0.115 e. The van der Waals surface area contributed by atoms with Crippen LogP contribution in [-0.2, 0) is 0 Å². The molecule has 2 rings (SSSR count). The van der Waals surface area contributed by atoms with Crippen molar-refractivity contribution in [2.45, 2.75) is 26.7 Å². The number of phenolic OH excluding ortho intramolecular Hbond substituents is 2. The van der Waals surface area contributed by atoms with Gasteiger partial charge in [0.15, 0.2) is 0 Å². The maximum atomic E-state index is 9.41. The molecule has 2 nitrogen and oxygen atoms in total. The van der Waals surface area contributed by atoms with Gasteiger partial charge < -0.3 is 10.2 Å². The highest BCUT2D eigenvalue weighted by molar-refractivity contribution is 5.90. The van der Waals surface area contributed by atoms with Crippen LogP contribution >= 0.6 is 0 Å². The Bertz CT molecular complexity index is 592. The number of hydrogen-bond donors (Lipinski definition) is 2. The quantitative estimate of drug-likeness (QED) is 0.780. The second kappa shape index (κ2) is 6.29. The molecule has 0 saturated heterocycles. The lowest BCUT2D eigenvalue weighted by molar-refractivity contribution is 0.474. The van der Waals surface area contributed by atoms with E-state index in [4.69, 9.17) is 0 Å². The first-order valence-electron chi connectivity index (χ1n) is 6.90. The number of rotatable bonds is 4. The first kappa shape index (κ1) is 14.2. The molecule has 20 heavy (non-hydrogen) atoms. The molecular weight excluding hydrogens is 248 g/mol. The van der Waals surface area contributed by atoms with E-state index in [1.807, 2.05) is 24.3 Å². The molecule has 0 heterocycles. The summed E-state index contributed by atoms with van der Waals surface area (Å²) >= 11 is 0. The number of allylic oxidation sites excluding steroid dienone is 2. The number of phenols is 2. The zero-order valence-electron chi connectivity index (χ0n) is 11.9. The molecule has 0 fully saturated rings. The summed E-state index contributed by atoms with van der Waals surface area (Å²) in [5.74, 6) is 0.565. The van der Waals surface area contributed by atoms with Crippen LogP contribution in [0.4, 0.5) is 0 Å². The van der Waals surface area contributed by atoms with Crippen molar-refractivity contribution in [2.75, 3.05) is 0 Å². The highest BCUT2D eigenvalue weighted by atomic mass is 16.3. The van der Waals surface area contributed by atoms with E-state index in [0.29, 0.717) is 0 Å². The molecule has 0 aliphatic rings. The number of benzene rings is 2. The standard InChI is InChI=1S/C18H20O2/c1-3-4-18(15-7-11-17(20)12-8-15)13(2)14-5-9-16(19)10-6-14/h5-12,19-20H,3-4H2,1-2H3. The minimum atomic E-state index is 0.281. The maximum Gasteiger partial charge on any atom is 0.115 e. The molecular formula is C18H20O2. The molecule has 2 aromatic rings. The van der Waals surface area contributed by atoms with E-state index in [0.717, 1.165) is 24.0 Å². The van der Waals surface area contributed by atoms with Gasteiger partial charge in [-0.25, -0.2) is 0 Å². The van der Waals surface area contributed by atoms with Gasteiger partial charge in [0.25, 0.3) is 0 Å². The lowest BCUT2D eigenvalue weighted by Crippen LogP contribution is -1.90. The van der Waals surface area contributed by atoms with Gasteiger partial charge in [-0.3, -0.25) is 0 Å². The van der Waals surface area contributed by atoms with Crippen LogP contribution in [0, 0.1) is 0 Å². The molecule has 2 aromatic carbocycles. The molecule has 0 radical (unpaired) electrons. The Morgan fingerprint density at radius 1 is 0.800 bits per heavy atom. The van der Waals surface area contributed by atoms with Crippen molar-refractivity contribution in [3.05, 3.63) is 59.7 Å². The first-order chi connectivity index (χ1) is 9.61. The third-order valence-corrected chi connectivity index (χ3v) is 3.47. The number of hydrogen-bond acceptors (Lipinski definition) is 2.